The van der Waals surface area contributed by atoms with E-state index in [1.165, 1.54) is 5.56 Å². The van der Waals surface area contributed by atoms with E-state index in [0.717, 1.165) is 62.9 Å². The summed E-state index contributed by atoms with van der Waals surface area (Å²) in [6.07, 6.45) is 6.96. The van der Waals surface area contributed by atoms with Gasteiger partial charge in [0.25, 0.3) is 0 Å². The van der Waals surface area contributed by atoms with Gasteiger partial charge in [-0.1, -0.05) is 6.07 Å². The number of halogens is 1. The van der Waals surface area contributed by atoms with Gasteiger partial charge in [-0.2, -0.15) is 0 Å². The summed E-state index contributed by atoms with van der Waals surface area (Å²) < 4.78 is 10.3. The molecule has 2 fully saturated rings. The highest BCUT2D eigenvalue weighted by atomic mass is 35.5. The van der Waals surface area contributed by atoms with Crippen molar-refractivity contribution in [3.63, 3.8) is 0 Å². The Kier molecular flexibility index (Phi) is 10.6. The van der Waals surface area contributed by atoms with E-state index in [4.69, 9.17) is 9.47 Å². The van der Waals surface area contributed by atoms with Crippen molar-refractivity contribution in [2.75, 3.05) is 44.8 Å². The van der Waals surface area contributed by atoms with Gasteiger partial charge in [0, 0.05) is 37.8 Å². The van der Waals surface area contributed by atoms with Gasteiger partial charge in [-0.15, -0.1) is 12.4 Å². The van der Waals surface area contributed by atoms with E-state index < -0.39 is 0 Å². The molecule has 0 bridgehead atoms. The maximum Gasteiger partial charge on any atom is 0.324 e. The van der Waals surface area contributed by atoms with Crippen molar-refractivity contribution in [3.05, 3.63) is 29.3 Å². The van der Waals surface area contributed by atoms with Crippen LogP contribution in [-0.4, -0.2) is 79.7 Å². The average Bonchev–Trinajstić information content (AvgIpc) is 3.17. The van der Waals surface area contributed by atoms with E-state index >= 15 is 0 Å². The molecule has 2 heterocycles. The van der Waals surface area contributed by atoms with Crippen LogP contribution in [-0.2, 0) is 31.9 Å². The molecule has 0 N–H and O–H groups in total. The van der Waals surface area contributed by atoms with E-state index in [-0.39, 0.29) is 42.5 Å². The number of amides is 2. The van der Waals surface area contributed by atoms with Crippen LogP contribution in [0.2, 0.25) is 0 Å². The molecule has 2 aliphatic heterocycles. The Bertz CT molecular complexity index is 950. The lowest BCUT2D eigenvalue weighted by Crippen LogP contribution is -2.41. The lowest BCUT2D eigenvalue weighted by molar-refractivity contribution is -0.149. The molecule has 0 spiro atoms. The van der Waals surface area contributed by atoms with Gasteiger partial charge < -0.3 is 14.4 Å². The van der Waals surface area contributed by atoms with Gasteiger partial charge >= 0.3 is 18.0 Å². The number of esters is 2. The fraction of sp³-hybridized carbons (Fsp3) is 0.679. The number of ether oxygens (including phenoxy) is 2. The van der Waals surface area contributed by atoms with Gasteiger partial charge in [0.2, 0.25) is 0 Å². The highest BCUT2D eigenvalue weighted by Gasteiger charge is 2.37. The number of carbonyl (C=O) groups excluding carboxylic acids is 3. The monoisotopic (exact) mass is 535 g/mol. The van der Waals surface area contributed by atoms with Crippen LogP contribution in [0.15, 0.2) is 18.2 Å². The fourth-order valence-electron chi connectivity index (χ4n) is 5.96. The van der Waals surface area contributed by atoms with Crippen molar-refractivity contribution in [3.8, 4) is 0 Å². The van der Waals surface area contributed by atoms with Gasteiger partial charge in [-0.25, -0.2) is 4.79 Å². The summed E-state index contributed by atoms with van der Waals surface area (Å²) in [5, 5.41) is 0. The Morgan fingerprint density at radius 1 is 0.973 bits per heavy atom. The van der Waals surface area contributed by atoms with Crippen LogP contribution in [0.3, 0.4) is 0 Å². The fourth-order valence-corrected chi connectivity index (χ4v) is 5.96. The highest BCUT2D eigenvalue weighted by Crippen LogP contribution is 2.34. The molecule has 1 aromatic carbocycles. The predicted octanol–water partition coefficient (Wildman–Crippen LogP) is 4.21. The smallest absolute Gasteiger partial charge is 0.324 e. The molecule has 37 heavy (non-hydrogen) atoms. The second kappa shape index (κ2) is 13.5. The van der Waals surface area contributed by atoms with Crippen LogP contribution in [0.4, 0.5) is 10.5 Å². The molecule has 1 saturated carbocycles. The first kappa shape index (κ1) is 29.2. The summed E-state index contributed by atoms with van der Waals surface area (Å²) in [7, 11) is 1.97. The highest BCUT2D eigenvalue weighted by molar-refractivity contribution is 5.94. The van der Waals surface area contributed by atoms with Crippen LogP contribution < -0.4 is 4.90 Å². The Morgan fingerprint density at radius 3 is 2.41 bits per heavy atom. The molecular formula is C28H42ClN3O5. The average molecular weight is 536 g/mol. The molecule has 0 aromatic heterocycles. The largest absolute Gasteiger partial charge is 0.466 e. The number of hydrogen-bond acceptors (Lipinski definition) is 6. The van der Waals surface area contributed by atoms with Crippen molar-refractivity contribution >= 4 is 36.1 Å². The summed E-state index contributed by atoms with van der Waals surface area (Å²) in [5.74, 6) is 0.271. The molecule has 9 heteroatoms. The summed E-state index contributed by atoms with van der Waals surface area (Å²) in [4.78, 5) is 43.5. The van der Waals surface area contributed by atoms with Crippen molar-refractivity contribution in [2.24, 2.45) is 5.92 Å². The molecule has 1 saturated heterocycles. The topological polar surface area (TPSA) is 79.4 Å². The van der Waals surface area contributed by atoms with E-state index in [1.54, 1.807) is 0 Å². The predicted molar refractivity (Wildman–Crippen MR) is 145 cm³/mol. The van der Waals surface area contributed by atoms with Gasteiger partial charge in [0.1, 0.15) is 6.04 Å². The minimum Gasteiger partial charge on any atom is -0.466 e. The van der Waals surface area contributed by atoms with Crippen molar-refractivity contribution in [1.82, 2.24) is 9.80 Å². The maximum atomic E-state index is 13.4. The Hall–Kier alpha value is -2.32. The van der Waals surface area contributed by atoms with Crippen LogP contribution in [0.5, 0.6) is 0 Å². The van der Waals surface area contributed by atoms with Crippen LogP contribution in [0.1, 0.15) is 63.5 Å². The van der Waals surface area contributed by atoms with Gasteiger partial charge in [-0.05, 0) is 95.0 Å². The first-order valence-corrected chi connectivity index (χ1v) is 13.6. The summed E-state index contributed by atoms with van der Waals surface area (Å²) in [5.41, 5.74) is 3.31. The molecule has 3 aliphatic rings. The number of likely N-dealkylation sites (N-methyl/N-ethyl adjacent to an activating group) is 1. The Morgan fingerprint density at radius 2 is 1.70 bits per heavy atom. The Labute approximate surface area is 227 Å². The van der Waals surface area contributed by atoms with Gasteiger partial charge in [0.15, 0.2) is 0 Å². The molecule has 0 radical (unpaired) electrons. The van der Waals surface area contributed by atoms with E-state index in [1.807, 2.05) is 31.9 Å². The molecular weight excluding hydrogens is 494 g/mol. The van der Waals surface area contributed by atoms with Crippen LogP contribution >= 0.6 is 12.4 Å². The quantitative estimate of drug-likeness (QED) is 0.464. The first-order valence-electron chi connectivity index (χ1n) is 13.6. The van der Waals surface area contributed by atoms with Crippen molar-refractivity contribution in [2.45, 2.75) is 77.3 Å². The van der Waals surface area contributed by atoms with Crippen molar-refractivity contribution < 1.29 is 23.9 Å². The molecule has 1 aliphatic carbocycles. The zero-order valence-electron chi connectivity index (χ0n) is 22.4. The molecule has 8 nitrogen and oxygen atoms in total. The number of anilines is 1. The van der Waals surface area contributed by atoms with E-state index in [2.05, 4.69) is 21.9 Å². The SMILES string of the molecule is CCOC(=O)CCC1CCC(N2CCN(c3ccc4c(c3)CCN(C)C(C(=O)OCC)C4)C2=O)CC1.Cl. The van der Waals surface area contributed by atoms with E-state index in [9.17, 15) is 14.4 Å². The third-order valence-electron chi connectivity index (χ3n) is 8.10. The van der Waals surface area contributed by atoms with Gasteiger partial charge in [0.05, 0.1) is 13.2 Å². The lowest BCUT2D eigenvalue weighted by atomic mass is 9.83. The number of urea groups is 1. The zero-order chi connectivity index (χ0) is 25.7. The minimum atomic E-state index is -0.270. The number of nitrogens with zero attached hydrogens (tertiary/aromatic N) is 3. The summed E-state index contributed by atoms with van der Waals surface area (Å²) in [6.45, 7) is 6.73. The standard InChI is InChI=1S/C28H41N3O5.ClH/c1-4-35-26(32)13-8-20-6-10-23(11-7-20)30-16-17-31(28(30)34)24-12-9-21-19-25(27(33)36-5-2)29(3)15-14-22(21)18-24;/h9,12,18,20,23,25H,4-8,10-11,13-17,19H2,1-3H3;1H. The second-order valence-corrected chi connectivity index (χ2v) is 10.3. The first-order chi connectivity index (χ1) is 17.4. The lowest BCUT2D eigenvalue weighted by Gasteiger charge is -2.34. The number of hydrogen-bond donors (Lipinski definition) is 0. The molecule has 206 valence electrons. The molecule has 1 atom stereocenters. The minimum absolute atomic E-state index is 0. The maximum absolute atomic E-state index is 13.4. The van der Waals surface area contributed by atoms with Crippen molar-refractivity contribution in [1.29, 1.82) is 0 Å². The Balaban J connectivity index is 0.00000380. The third-order valence-corrected chi connectivity index (χ3v) is 8.10. The molecule has 4 rings (SSSR count). The summed E-state index contributed by atoms with van der Waals surface area (Å²) >= 11 is 0. The van der Waals surface area contributed by atoms with Crippen LogP contribution in [0.25, 0.3) is 0 Å². The number of carbonyl (C=O) groups is 3. The normalized spacial score (nSPS) is 24.2. The van der Waals surface area contributed by atoms with E-state index in [0.29, 0.717) is 38.5 Å². The number of fused-ring (bicyclic) bond motifs is 1. The molecule has 1 aromatic rings. The second-order valence-electron chi connectivity index (χ2n) is 10.3. The number of benzene rings is 1. The van der Waals surface area contributed by atoms with Gasteiger partial charge in [-0.3, -0.25) is 19.4 Å². The number of rotatable bonds is 8. The summed E-state index contributed by atoms with van der Waals surface area (Å²) in [6, 6.07) is 6.36. The third kappa shape index (κ3) is 6.96. The zero-order valence-corrected chi connectivity index (χ0v) is 23.3. The van der Waals surface area contributed by atoms with Crippen LogP contribution in [0, 0.1) is 5.92 Å². The molecule has 1 unspecified atom stereocenters. The molecule has 2 amide bonds.